The van der Waals surface area contributed by atoms with E-state index in [0.717, 1.165) is 0 Å². The maximum atomic E-state index is 11.3. The number of carbonyl (C=O) groups excluding carboxylic acids is 1. The number of carboxylic acid groups (broad SMARTS) is 1. The van der Waals surface area contributed by atoms with E-state index in [1.54, 1.807) is 0 Å². The van der Waals surface area contributed by atoms with Crippen molar-refractivity contribution < 1.29 is 19.4 Å². The smallest absolute Gasteiger partial charge is 0.315 e. The Balaban J connectivity index is 4.08. The molecule has 0 aliphatic carbocycles. The van der Waals surface area contributed by atoms with Crippen molar-refractivity contribution in [1.29, 1.82) is 0 Å². The van der Waals surface area contributed by atoms with Gasteiger partial charge in [0.2, 0.25) is 5.91 Å². The van der Waals surface area contributed by atoms with Crippen molar-refractivity contribution in [3.8, 4) is 0 Å². The van der Waals surface area contributed by atoms with Gasteiger partial charge in [-0.25, -0.2) is 0 Å². The van der Waals surface area contributed by atoms with Gasteiger partial charge >= 0.3 is 5.97 Å². The SMILES string of the molecule is CCC(COC)NC(=O)C(C)C(=O)O. The van der Waals surface area contributed by atoms with Crippen molar-refractivity contribution in [3.63, 3.8) is 0 Å². The van der Waals surface area contributed by atoms with Gasteiger partial charge in [0.15, 0.2) is 0 Å². The van der Waals surface area contributed by atoms with Crippen molar-refractivity contribution in [2.24, 2.45) is 5.92 Å². The fraction of sp³-hybridized carbons (Fsp3) is 0.778. The molecular weight excluding hydrogens is 186 g/mol. The summed E-state index contributed by atoms with van der Waals surface area (Å²) in [6, 6.07) is -0.116. The van der Waals surface area contributed by atoms with Crippen LogP contribution in [0, 0.1) is 5.92 Å². The largest absolute Gasteiger partial charge is 0.481 e. The van der Waals surface area contributed by atoms with Crippen LogP contribution in [0.3, 0.4) is 0 Å². The highest BCUT2D eigenvalue weighted by atomic mass is 16.5. The first kappa shape index (κ1) is 12.9. The summed E-state index contributed by atoms with van der Waals surface area (Å²) < 4.78 is 4.87. The maximum Gasteiger partial charge on any atom is 0.315 e. The van der Waals surface area contributed by atoms with Gasteiger partial charge in [-0.2, -0.15) is 0 Å². The van der Waals surface area contributed by atoms with Gasteiger partial charge in [0.05, 0.1) is 12.6 Å². The highest BCUT2D eigenvalue weighted by Crippen LogP contribution is 1.98. The lowest BCUT2D eigenvalue weighted by Gasteiger charge is -2.17. The number of ether oxygens (including phenoxy) is 1. The second-order valence-corrected chi connectivity index (χ2v) is 3.13. The van der Waals surface area contributed by atoms with Gasteiger partial charge in [0.25, 0.3) is 0 Å². The molecule has 14 heavy (non-hydrogen) atoms. The van der Waals surface area contributed by atoms with Crippen LogP contribution in [0.4, 0.5) is 0 Å². The highest BCUT2D eigenvalue weighted by molar-refractivity contribution is 5.96. The Morgan fingerprint density at radius 3 is 2.43 bits per heavy atom. The monoisotopic (exact) mass is 203 g/mol. The third-order valence-corrected chi connectivity index (χ3v) is 1.97. The molecule has 0 bridgehead atoms. The van der Waals surface area contributed by atoms with Crippen molar-refractivity contribution in [2.75, 3.05) is 13.7 Å². The number of carbonyl (C=O) groups is 2. The molecule has 2 atom stereocenters. The molecule has 0 aromatic carbocycles. The Hall–Kier alpha value is -1.10. The molecule has 0 aliphatic rings. The Labute approximate surface area is 83.4 Å². The van der Waals surface area contributed by atoms with Crippen LogP contribution in [0.2, 0.25) is 0 Å². The summed E-state index contributed by atoms with van der Waals surface area (Å²) in [5, 5.41) is 11.2. The van der Waals surface area contributed by atoms with Crippen LogP contribution in [0.5, 0.6) is 0 Å². The molecule has 2 unspecified atom stereocenters. The molecule has 0 heterocycles. The average molecular weight is 203 g/mol. The summed E-state index contributed by atoms with van der Waals surface area (Å²) in [7, 11) is 1.54. The van der Waals surface area contributed by atoms with Crippen LogP contribution >= 0.6 is 0 Å². The molecule has 0 aliphatic heterocycles. The number of amides is 1. The molecule has 2 N–H and O–H groups in total. The number of hydrogen-bond acceptors (Lipinski definition) is 3. The van der Waals surface area contributed by atoms with E-state index in [0.29, 0.717) is 13.0 Å². The average Bonchev–Trinajstić information content (AvgIpc) is 2.15. The number of rotatable bonds is 6. The second-order valence-electron chi connectivity index (χ2n) is 3.13. The summed E-state index contributed by atoms with van der Waals surface area (Å²) in [6.45, 7) is 3.65. The molecule has 82 valence electrons. The van der Waals surface area contributed by atoms with Crippen LogP contribution in [0.25, 0.3) is 0 Å². The van der Waals surface area contributed by atoms with Gasteiger partial charge in [-0.1, -0.05) is 6.92 Å². The van der Waals surface area contributed by atoms with E-state index in [-0.39, 0.29) is 6.04 Å². The van der Waals surface area contributed by atoms with Crippen molar-refractivity contribution in [3.05, 3.63) is 0 Å². The minimum atomic E-state index is -1.12. The van der Waals surface area contributed by atoms with Crippen LogP contribution < -0.4 is 5.32 Å². The number of methoxy groups -OCH3 is 1. The first-order valence-electron chi connectivity index (χ1n) is 4.55. The molecule has 0 saturated heterocycles. The van der Waals surface area contributed by atoms with E-state index in [4.69, 9.17) is 9.84 Å². The van der Waals surface area contributed by atoms with Gasteiger partial charge in [0.1, 0.15) is 5.92 Å². The lowest BCUT2D eigenvalue weighted by molar-refractivity contribution is -0.146. The molecular formula is C9H17NO4. The van der Waals surface area contributed by atoms with Crippen LogP contribution in [-0.4, -0.2) is 36.7 Å². The van der Waals surface area contributed by atoms with E-state index in [1.807, 2.05) is 6.92 Å². The molecule has 5 nitrogen and oxygen atoms in total. The van der Waals surface area contributed by atoms with E-state index in [1.165, 1.54) is 14.0 Å². The van der Waals surface area contributed by atoms with E-state index in [9.17, 15) is 9.59 Å². The van der Waals surface area contributed by atoms with Gasteiger partial charge in [-0.05, 0) is 13.3 Å². The van der Waals surface area contributed by atoms with Crippen LogP contribution in [0.15, 0.2) is 0 Å². The fourth-order valence-electron chi connectivity index (χ4n) is 0.901. The van der Waals surface area contributed by atoms with Gasteiger partial charge < -0.3 is 15.2 Å². The number of hydrogen-bond donors (Lipinski definition) is 2. The summed E-state index contributed by atoms with van der Waals surface area (Å²) in [5.41, 5.74) is 0. The fourth-order valence-corrected chi connectivity index (χ4v) is 0.901. The molecule has 0 spiro atoms. The Kier molecular flexibility index (Phi) is 5.87. The van der Waals surface area contributed by atoms with Gasteiger partial charge in [-0.15, -0.1) is 0 Å². The zero-order chi connectivity index (χ0) is 11.1. The third-order valence-electron chi connectivity index (χ3n) is 1.97. The molecule has 0 aromatic heterocycles. The second kappa shape index (κ2) is 6.37. The molecule has 0 fully saturated rings. The van der Waals surface area contributed by atoms with Crippen molar-refractivity contribution >= 4 is 11.9 Å². The molecule has 0 saturated carbocycles. The predicted molar refractivity (Wildman–Crippen MR) is 50.9 cm³/mol. The molecule has 0 radical (unpaired) electrons. The minimum absolute atomic E-state index is 0.116. The maximum absolute atomic E-state index is 11.3. The first-order valence-corrected chi connectivity index (χ1v) is 4.55. The topological polar surface area (TPSA) is 75.6 Å². The minimum Gasteiger partial charge on any atom is -0.481 e. The van der Waals surface area contributed by atoms with E-state index in [2.05, 4.69) is 5.32 Å². The van der Waals surface area contributed by atoms with Crippen LogP contribution in [0.1, 0.15) is 20.3 Å². The predicted octanol–water partition coefficient (Wildman–Crippen LogP) is 0.248. The zero-order valence-electron chi connectivity index (χ0n) is 8.74. The standard InChI is InChI=1S/C9H17NO4/c1-4-7(5-14-3)10-8(11)6(2)9(12)13/h6-7H,4-5H2,1-3H3,(H,10,11)(H,12,13). The molecule has 0 aromatic rings. The molecule has 0 rings (SSSR count). The van der Waals surface area contributed by atoms with Crippen molar-refractivity contribution in [1.82, 2.24) is 5.32 Å². The van der Waals surface area contributed by atoms with Gasteiger partial charge in [0, 0.05) is 7.11 Å². The lowest BCUT2D eigenvalue weighted by atomic mass is 10.1. The summed E-state index contributed by atoms with van der Waals surface area (Å²) in [6.07, 6.45) is 0.714. The number of aliphatic carboxylic acids is 1. The normalized spacial score (nSPS) is 14.5. The highest BCUT2D eigenvalue weighted by Gasteiger charge is 2.22. The molecule has 1 amide bonds. The Morgan fingerprint density at radius 2 is 2.07 bits per heavy atom. The summed E-state index contributed by atoms with van der Waals surface area (Å²) in [4.78, 5) is 21.8. The lowest BCUT2D eigenvalue weighted by Crippen LogP contribution is -2.42. The first-order chi connectivity index (χ1) is 6.52. The Morgan fingerprint density at radius 1 is 1.50 bits per heavy atom. The number of nitrogens with one attached hydrogen (secondary N) is 1. The third kappa shape index (κ3) is 4.23. The van der Waals surface area contributed by atoms with Gasteiger partial charge in [-0.3, -0.25) is 9.59 Å². The van der Waals surface area contributed by atoms with E-state index >= 15 is 0 Å². The Bertz CT molecular complexity index is 205. The van der Waals surface area contributed by atoms with Crippen LogP contribution in [-0.2, 0) is 14.3 Å². The summed E-state index contributed by atoms with van der Waals surface area (Å²) >= 11 is 0. The van der Waals surface area contributed by atoms with E-state index < -0.39 is 17.8 Å². The van der Waals surface area contributed by atoms with Crippen molar-refractivity contribution in [2.45, 2.75) is 26.3 Å². The quantitative estimate of drug-likeness (QED) is 0.607. The zero-order valence-corrected chi connectivity index (χ0v) is 8.74. The summed E-state index contributed by atoms with van der Waals surface area (Å²) in [5.74, 6) is -2.60. The molecule has 5 heteroatoms. The number of carboxylic acids is 1.